The number of anilines is 1. The number of aromatic nitrogens is 4. The molecule has 0 atom stereocenters. The molecular formula is C15H14ClN5O2S. The largest absolute Gasteiger partial charge is 0.469 e. The van der Waals surface area contributed by atoms with Crippen LogP contribution in [-0.4, -0.2) is 31.4 Å². The number of hydrogen-bond acceptors (Lipinski definition) is 6. The second-order valence-corrected chi connectivity index (χ2v) is 6.33. The first kappa shape index (κ1) is 16.5. The van der Waals surface area contributed by atoms with Crippen molar-refractivity contribution in [1.82, 2.24) is 19.7 Å². The molecule has 0 aromatic carbocycles. The van der Waals surface area contributed by atoms with Crippen LogP contribution in [0.15, 0.2) is 40.2 Å². The molecule has 0 bridgehead atoms. The normalized spacial score (nSPS) is 10.8. The van der Waals surface area contributed by atoms with Crippen LogP contribution in [0.2, 0.25) is 5.02 Å². The SMILES string of the molecule is Cc1occc1-c1nnc(SCC(=O)Nc2ccc(Cl)cn2)n1C. The van der Waals surface area contributed by atoms with E-state index in [0.29, 0.717) is 21.8 Å². The predicted octanol–water partition coefficient (Wildman–Crippen LogP) is 3.16. The van der Waals surface area contributed by atoms with E-state index in [1.807, 2.05) is 24.6 Å². The van der Waals surface area contributed by atoms with Crippen molar-refractivity contribution in [2.24, 2.45) is 7.05 Å². The van der Waals surface area contributed by atoms with E-state index in [4.69, 9.17) is 16.0 Å². The number of rotatable bonds is 5. The molecule has 0 aliphatic heterocycles. The van der Waals surface area contributed by atoms with E-state index in [1.54, 1.807) is 18.4 Å². The molecule has 1 N–H and O–H groups in total. The van der Waals surface area contributed by atoms with Gasteiger partial charge in [-0.15, -0.1) is 10.2 Å². The van der Waals surface area contributed by atoms with Crippen LogP contribution in [0.5, 0.6) is 0 Å². The number of nitrogens with one attached hydrogen (secondary N) is 1. The number of pyridine rings is 1. The van der Waals surface area contributed by atoms with Gasteiger partial charge in [-0.2, -0.15) is 0 Å². The van der Waals surface area contributed by atoms with Crippen molar-refractivity contribution in [3.05, 3.63) is 41.4 Å². The van der Waals surface area contributed by atoms with Gasteiger partial charge in [-0.1, -0.05) is 23.4 Å². The zero-order valence-corrected chi connectivity index (χ0v) is 14.6. The third-order valence-corrected chi connectivity index (χ3v) is 4.51. The molecule has 1 amide bonds. The Morgan fingerprint density at radius 2 is 2.21 bits per heavy atom. The summed E-state index contributed by atoms with van der Waals surface area (Å²) in [6.07, 6.45) is 3.09. The molecule has 0 spiro atoms. The zero-order valence-electron chi connectivity index (χ0n) is 13.0. The van der Waals surface area contributed by atoms with Gasteiger partial charge in [-0.05, 0) is 25.1 Å². The molecule has 0 aliphatic carbocycles. The Labute approximate surface area is 147 Å². The summed E-state index contributed by atoms with van der Waals surface area (Å²) in [6.45, 7) is 1.86. The van der Waals surface area contributed by atoms with Crippen molar-refractivity contribution in [1.29, 1.82) is 0 Å². The summed E-state index contributed by atoms with van der Waals surface area (Å²) < 4.78 is 7.12. The van der Waals surface area contributed by atoms with Gasteiger partial charge in [0.2, 0.25) is 5.91 Å². The van der Waals surface area contributed by atoms with Crippen LogP contribution >= 0.6 is 23.4 Å². The zero-order chi connectivity index (χ0) is 17.1. The lowest BCUT2D eigenvalue weighted by Crippen LogP contribution is -2.15. The van der Waals surface area contributed by atoms with Crippen molar-refractivity contribution in [3.8, 4) is 11.4 Å². The van der Waals surface area contributed by atoms with Crippen molar-refractivity contribution in [3.63, 3.8) is 0 Å². The number of furan rings is 1. The Morgan fingerprint density at radius 1 is 1.38 bits per heavy atom. The third kappa shape index (κ3) is 3.60. The summed E-state index contributed by atoms with van der Waals surface area (Å²) in [7, 11) is 1.85. The van der Waals surface area contributed by atoms with Crippen molar-refractivity contribution < 1.29 is 9.21 Å². The maximum atomic E-state index is 12.0. The monoisotopic (exact) mass is 363 g/mol. The molecular weight excluding hydrogens is 350 g/mol. The number of thioether (sulfide) groups is 1. The van der Waals surface area contributed by atoms with Crippen molar-refractivity contribution in [2.75, 3.05) is 11.1 Å². The van der Waals surface area contributed by atoms with E-state index in [0.717, 1.165) is 11.3 Å². The summed E-state index contributed by atoms with van der Waals surface area (Å²) in [4.78, 5) is 16.0. The standard InChI is InChI=1S/C15H14ClN5O2S/c1-9-11(5-6-23-9)14-19-20-15(21(14)2)24-8-13(22)18-12-4-3-10(16)7-17-12/h3-7H,8H2,1-2H3,(H,17,18,22). The number of amides is 1. The average Bonchev–Trinajstić information content (AvgIpc) is 3.13. The maximum absolute atomic E-state index is 12.0. The number of carbonyl (C=O) groups excluding carboxylic acids is 1. The fourth-order valence-electron chi connectivity index (χ4n) is 2.05. The molecule has 24 heavy (non-hydrogen) atoms. The highest BCUT2D eigenvalue weighted by Crippen LogP contribution is 2.25. The lowest BCUT2D eigenvalue weighted by molar-refractivity contribution is -0.113. The van der Waals surface area contributed by atoms with E-state index in [-0.39, 0.29) is 11.7 Å². The predicted molar refractivity (Wildman–Crippen MR) is 92.0 cm³/mol. The summed E-state index contributed by atoms with van der Waals surface area (Å²) in [5, 5.41) is 12.1. The molecule has 0 radical (unpaired) electrons. The number of aryl methyl sites for hydroxylation is 1. The van der Waals surface area contributed by atoms with Gasteiger partial charge in [0.1, 0.15) is 11.6 Å². The average molecular weight is 364 g/mol. The van der Waals surface area contributed by atoms with Gasteiger partial charge < -0.3 is 14.3 Å². The first-order chi connectivity index (χ1) is 11.5. The lowest BCUT2D eigenvalue weighted by atomic mass is 10.2. The van der Waals surface area contributed by atoms with Crippen LogP contribution in [0.25, 0.3) is 11.4 Å². The highest BCUT2D eigenvalue weighted by molar-refractivity contribution is 7.99. The van der Waals surface area contributed by atoms with Crippen LogP contribution in [-0.2, 0) is 11.8 Å². The van der Waals surface area contributed by atoms with Crippen molar-refractivity contribution >= 4 is 35.1 Å². The molecule has 9 heteroatoms. The van der Waals surface area contributed by atoms with Gasteiger partial charge in [0.05, 0.1) is 22.6 Å². The molecule has 0 saturated heterocycles. The molecule has 0 aliphatic rings. The molecule has 0 saturated carbocycles. The van der Waals surface area contributed by atoms with Crippen LogP contribution in [0.1, 0.15) is 5.76 Å². The minimum atomic E-state index is -0.182. The minimum absolute atomic E-state index is 0.182. The first-order valence-electron chi connectivity index (χ1n) is 7.02. The second-order valence-electron chi connectivity index (χ2n) is 4.95. The topological polar surface area (TPSA) is 85.8 Å². The van der Waals surface area contributed by atoms with Gasteiger partial charge in [-0.25, -0.2) is 4.98 Å². The molecule has 3 aromatic heterocycles. The van der Waals surface area contributed by atoms with Gasteiger partial charge in [-0.3, -0.25) is 4.79 Å². The second kappa shape index (κ2) is 7.06. The third-order valence-electron chi connectivity index (χ3n) is 3.26. The summed E-state index contributed by atoms with van der Waals surface area (Å²) in [5.41, 5.74) is 0.881. The van der Waals surface area contributed by atoms with E-state index in [2.05, 4.69) is 20.5 Å². The Balaban J connectivity index is 1.63. The summed E-state index contributed by atoms with van der Waals surface area (Å²) >= 11 is 7.05. The molecule has 3 rings (SSSR count). The Bertz CT molecular complexity index is 859. The van der Waals surface area contributed by atoms with E-state index < -0.39 is 0 Å². The number of halogens is 1. The van der Waals surface area contributed by atoms with E-state index in [9.17, 15) is 4.79 Å². The van der Waals surface area contributed by atoms with Gasteiger partial charge in [0, 0.05) is 13.2 Å². The maximum Gasteiger partial charge on any atom is 0.236 e. The first-order valence-corrected chi connectivity index (χ1v) is 8.39. The number of carbonyl (C=O) groups is 1. The molecule has 124 valence electrons. The van der Waals surface area contributed by atoms with Crippen LogP contribution in [0.3, 0.4) is 0 Å². The molecule has 0 unspecified atom stereocenters. The van der Waals surface area contributed by atoms with E-state index >= 15 is 0 Å². The quantitative estimate of drug-likeness (QED) is 0.701. The fraction of sp³-hybridized carbons (Fsp3) is 0.200. The molecule has 3 aromatic rings. The highest BCUT2D eigenvalue weighted by atomic mass is 35.5. The Kier molecular flexibility index (Phi) is 4.86. The van der Waals surface area contributed by atoms with Crippen molar-refractivity contribution in [2.45, 2.75) is 12.1 Å². The molecule has 3 heterocycles. The van der Waals surface area contributed by atoms with Gasteiger partial charge >= 0.3 is 0 Å². The van der Waals surface area contributed by atoms with Crippen LogP contribution < -0.4 is 5.32 Å². The lowest BCUT2D eigenvalue weighted by Gasteiger charge is -2.05. The number of hydrogen-bond donors (Lipinski definition) is 1. The van der Waals surface area contributed by atoms with Crippen LogP contribution in [0.4, 0.5) is 5.82 Å². The minimum Gasteiger partial charge on any atom is -0.469 e. The Hall–Kier alpha value is -2.32. The number of nitrogens with zero attached hydrogens (tertiary/aromatic N) is 4. The van der Waals surface area contributed by atoms with Gasteiger partial charge in [0.25, 0.3) is 0 Å². The van der Waals surface area contributed by atoms with Gasteiger partial charge in [0.15, 0.2) is 11.0 Å². The Morgan fingerprint density at radius 3 is 2.88 bits per heavy atom. The fourth-order valence-corrected chi connectivity index (χ4v) is 2.87. The van der Waals surface area contributed by atoms with E-state index in [1.165, 1.54) is 18.0 Å². The van der Waals surface area contributed by atoms with Crippen LogP contribution in [0, 0.1) is 6.92 Å². The summed E-state index contributed by atoms with van der Waals surface area (Å²) in [5.74, 6) is 1.94. The summed E-state index contributed by atoms with van der Waals surface area (Å²) in [6, 6.07) is 5.15. The highest BCUT2D eigenvalue weighted by Gasteiger charge is 2.15. The molecule has 7 nitrogen and oxygen atoms in total. The molecule has 0 fully saturated rings. The smallest absolute Gasteiger partial charge is 0.236 e.